The van der Waals surface area contributed by atoms with Crippen LogP contribution in [0.1, 0.15) is 374 Å². The second kappa shape index (κ2) is 68.6. The maximum Gasteiger partial charge on any atom is 0.306 e. The summed E-state index contributed by atoms with van der Waals surface area (Å²) in [6.45, 7) is 6.58. The Morgan fingerprint density at radius 1 is 0.263 bits per heavy atom. The molecule has 6 heteroatoms. The summed E-state index contributed by atoms with van der Waals surface area (Å²) < 4.78 is 17.0. The minimum Gasteiger partial charge on any atom is -0.462 e. The summed E-state index contributed by atoms with van der Waals surface area (Å²) >= 11 is 0. The largest absolute Gasteiger partial charge is 0.462 e. The highest BCUT2D eigenvalue weighted by atomic mass is 16.6. The van der Waals surface area contributed by atoms with Gasteiger partial charge in [-0.1, -0.05) is 332 Å². The molecule has 0 aromatic carbocycles. The Bertz CT molecular complexity index is 1430. The highest BCUT2D eigenvalue weighted by Gasteiger charge is 2.19. The summed E-state index contributed by atoms with van der Waals surface area (Å²) in [7, 11) is 0. The minimum absolute atomic E-state index is 0.0763. The van der Waals surface area contributed by atoms with E-state index in [1.807, 2.05) is 0 Å². The van der Waals surface area contributed by atoms with E-state index in [4.69, 9.17) is 14.2 Å². The first-order chi connectivity index (χ1) is 39.5. The summed E-state index contributed by atoms with van der Waals surface area (Å²) in [6.07, 6.45) is 88.2. The number of allylic oxidation sites excluding steroid dienone is 10. The highest BCUT2D eigenvalue weighted by Crippen LogP contribution is 2.18. The van der Waals surface area contributed by atoms with E-state index in [0.717, 1.165) is 96.3 Å². The van der Waals surface area contributed by atoms with E-state index in [1.165, 1.54) is 238 Å². The molecular weight excluding hydrogens is 985 g/mol. The third kappa shape index (κ3) is 65.9. The fourth-order valence-corrected chi connectivity index (χ4v) is 10.5. The molecule has 0 rings (SSSR count). The molecule has 0 saturated carbocycles. The molecule has 0 fully saturated rings. The van der Waals surface area contributed by atoms with E-state index in [9.17, 15) is 14.4 Å². The highest BCUT2D eigenvalue weighted by molar-refractivity contribution is 5.71. The Hall–Kier alpha value is -2.89. The molecule has 80 heavy (non-hydrogen) atoms. The molecule has 0 radical (unpaired) electrons. The third-order valence-electron chi connectivity index (χ3n) is 15.8. The lowest BCUT2D eigenvalue weighted by Crippen LogP contribution is -2.30. The maximum atomic E-state index is 13.0. The van der Waals surface area contributed by atoms with Gasteiger partial charge in [0.25, 0.3) is 0 Å². The SMILES string of the molecule is CC/C=C\C/C=C\C/C=C\C/C=C\CCCCCCCCCCC(=O)OC(COC(=O)CCCCCCC/C=C\CCCCCCCCC)COC(=O)CCCCCCCCCCCCCCCCCCCCCCCCCCC. The van der Waals surface area contributed by atoms with Crippen LogP contribution >= 0.6 is 0 Å². The summed E-state index contributed by atoms with van der Waals surface area (Å²) in [5.41, 5.74) is 0. The van der Waals surface area contributed by atoms with Gasteiger partial charge in [-0.15, -0.1) is 0 Å². The molecule has 0 bridgehead atoms. The summed E-state index contributed by atoms with van der Waals surface area (Å²) in [5, 5.41) is 0. The molecule has 0 amide bonds. The number of hydrogen-bond acceptors (Lipinski definition) is 6. The Labute approximate surface area is 498 Å². The van der Waals surface area contributed by atoms with Gasteiger partial charge in [0.15, 0.2) is 6.10 Å². The van der Waals surface area contributed by atoms with E-state index in [2.05, 4.69) is 81.5 Å². The van der Waals surface area contributed by atoms with Crippen molar-refractivity contribution in [3.05, 3.63) is 60.8 Å². The first-order valence-electron chi connectivity index (χ1n) is 35.3. The third-order valence-corrected chi connectivity index (χ3v) is 15.8. The quantitative estimate of drug-likeness (QED) is 0.0261. The van der Waals surface area contributed by atoms with E-state index in [0.29, 0.717) is 19.3 Å². The number of unbranched alkanes of at least 4 members (excludes halogenated alkanes) is 44. The van der Waals surface area contributed by atoms with Crippen LogP contribution in [0, 0.1) is 0 Å². The molecule has 6 nitrogen and oxygen atoms in total. The van der Waals surface area contributed by atoms with Crippen molar-refractivity contribution in [3.63, 3.8) is 0 Å². The number of hydrogen-bond donors (Lipinski definition) is 0. The van der Waals surface area contributed by atoms with Gasteiger partial charge in [0, 0.05) is 19.3 Å². The van der Waals surface area contributed by atoms with Crippen LogP contribution in [0.15, 0.2) is 60.8 Å². The van der Waals surface area contributed by atoms with Crippen LogP contribution in [-0.4, -0.2) is 37.2 Å². The van der Waals surface area contributed by atoms with Crippen molar-refractivity contribution in [2.75, 3.05) is 13.2 Å². The molecule has 0 aromatic rings. The van der Waals surface area contributed by atoms with Crippen molar-refractivity contribution in [1.29, 1.82) is 0 Å². The standard InChI is InChI=1S/C74H134O6/c1-4-7-10-13-16-19-22-25-28-31-33-35-36-37-38-40-41-43-46-49-52-55-58-61-64-67-73(76)79-70-71(69-78-72(75)66-63-60-57-54-51-48-45-30-27-24-21-18-15-12-9-6-3)80-74(77)68-65-62-59-56-53-50-47-44-42-39-34-32-29-26-23-20-17-14-11-8-5-2/h8,11,17,20,26,29-30,34,39,45,71H,4-7,9-10,12-16,18-19,21-25,27-28,31-33,35-38,40-44,46-70H2,1-3H3/b11-8-,20-17-,29-26-,39-34-,45-30-. The minimum atomic E-state index is -0.782. The first-order valence-corrected chi connectivity index (χ1v) is 35.3. The molecule has 1 unspecified atom stereocenters. The van der Waals surface area contributed by atoms with Gasteiger partial charge in [0.05, 0.1) is 0 Å². The lowest BCUT2D eigenvalue weighted by atomic mass is 10.0. The predicted molar refractivity (Wildman–Crippen MR) is 348 cm³/mol. The lowest BCUT2D eigenvalue weighted by molar-refractivity contribution is -0.167. The second-order valence-electron chi connectivity index (χ2n) is 23.8. The van der Waals surface area contributed by atoms with Crippen molar-refractivity contribution >= 4 is 17.9 Å². The summed E-state index contributed by atoms with van der Waals surface area (Å²) in [4.78, 5) is 38.5. The van der Waals surface area contributed by atoms with Gasteiger partial charge in [-0.2, -0.15) is 0 Å². The zero-order valence-electron chi connectivity index (χ0n) is 53.6. The van der Waals surface area contributed by atoms with Crippen LogP contribution in [0.3, 0.4) is 0 Å². The van der Waals surface area contributed by atoms with Crippen molar-refractivity contribution in [2.45, 2.75) is 380 Å². The van der Waals surface area contributed by atoms with E-state index in [1.54, 1.807) is 0 Å². The molecule has 0 aromatic heterocycles. The van der Waals surface area contributed by atoms with Crippen molar-refractivity contribution < 1.29 is 28.6 Å². The molecule has 0 spiro atoms. The number of carbonyl (C=O) groups is 3. The van der Waals surface area contributed by atoms with Crippen LogP contribution in [0.5, 0.6) is 0 Å². The molecule has 0 aliphatic heterocycles. The second-order valence-corrected chi connectivity index (χ2v) is 23.8. The Morgan fingerprint density at radius 3 is 0.775 bits per heavy atom. The van der Waals surface area contributed by atoms with Crippen LogP contribution in [0.25, 0.3) is 0 Å². The van der Waals surface area contributed by atoms with Gasteiger partial charge in [0.1, 0.15) is 13.2 Å². The zero-order chi connectivity index (χ0) is 57.8. The smallest absolute Gasteiger partial charge is 0.306 e. The fraction of sp³-hybridized carbons (Fsp3) is 0.824. The molecule has 1 atom stereocenters. The average Bonchev–Trinajstić information content (AvgIpc) is 3.46. The van der Waals surface area contributed by atoms with Crippen molar-refractivity contribution in [1.82, 2.24) is 0 Å². The normalized spacial score (nSPS) is 12.4. The molecular formula is C74H134O6. The fourth-order valence-electron chi connectivity index (χ4n) is 10.5. The predicted octanol–water partition coefficient (Wildman–Crippen LogP) is 24.3. The Kier molecular flexibility index (Phi) is 66.1. The van der Waals surface area contributed by atoms with Gasteiger partial charge >= 0.3 is 17.9 Å². The van der Waals surface area contributed by atoms with E-state index in [-0.39, 0.29) is 31.1 Å². The molecule has 466 valence electrons. The average molecular weight is 1120 g/mol. The van der Waals surface area contributed by atoms with Crippen molar-refractivity contribution in [3.8, 4) is 0 Å². The molecule has 0 N–H and O–H groups in total. The maximum absolute atomic E-state index is 13.0. The zero-order valence-corrected chi connectivity index (χ0v) is 53.6. The molecule has 0 heterocycles. The van der Waals surface area contributed by atoms with E-state index < -0.39 is 6.10 Å². The number of esters is 3. The van der Waals surface area contributed by atoms with Gasteiger partial charge in [-0.3, -0.25) is 14.4 Å². The molecule has 0 saturated heterocycles. The molecule has 0 aliphatic rings. The topological polar surface area (TPSA) is 78.9 Å². The van der Waals surface area contributed by atoms with Gasteiger partial charge in [-0.25, -0.2) is 0 Å². The first kappa shape index (κ1) is 77.1. The molecule has 0 aliphatic carbocycles. The monoisotopic (exact) mass is 1120 g/mol. The number of rotatable bonds is 65. The van der Waals surface area contributed by atoms with Gasteiger partial charge in [0.2, 0.25) is 0 Å². The number of ether oxygens (including phenoxy) is 3. The Balaban J connectivity index is 4.31. The van der Waals surface area contributed by atoms with Crippen LogP contribution in [-0.2, 0) is 28.6 Å². The van der Waals surface area contributed by atoms with Crippen LogP contribution in [0.2, 0.25) is 0 Å². The number of carbonyl (C=O) groups excluding carboxylic acids is 3. The summed E-state index contributed by atoms with van der Waals surface area (Å²) in [5.74, 6) is -0.869. The lowest BCUT2D eigenvalue weighted by Gasteiger charge is -2.18. The van der Waals surface area contributed by atoms with Crippen LogP contribution in [0.4, 0.5) is 0 Å². The summed E-state index contributed by atoms with van der Waals surface area (Å²) in [6, 6.07) is 0. The van der Waals surface area contributed by atoms with Crippen LogP contribution < -0.4 is 0 Å². The van der Waals surface area contributed by atoms with Gasteiger partial charge < -0.3 is 14.2 Å². The van der Waals surface area contributed by atoms with Gasteiger partial charge in [-0.05, 0) is 83.5 Å². The van der Waals surface area contributed by atoms with Crippen molar-refractivity contribution in [2.24, 2.45) is 0 Å². The van der Waals surface area contributed by atoms with E-state index >= 15 is 0 Å². The Morgan fingerprint density at radius 2 is 0.487 bits per heavy atom.